The van der Waals surface area contributed by atoms with E-state index < -0.39 is 108 Å². The zero-order valence-corrected chi connectivity index (χ0v) is 58.0. The first-order valence-corrected chi connectivity index (χ1v) is 34.9. The minimum absolute atomic E-state index is 0.00527. The average Bonchev–Trinajstić information content (AvgIpc) is 1.77. The molecular formula is C69H83BrF2N9O14PS. The third kappa shape index (κ3) is 21.8. The van der Waals surface area contributed by atoms with Crippen molar-refractivity contribution in [3.05, 3.63) is 170 Å². The van der Waals surface area contributed by atoms with Crippen LogP contribution in [-0.2, 0) is 69.6 Å². The van der Waals surface area contributed by atoms with Gasteiger partial charge in [0.15, 0.2) is 11.5 Å². The Morgan fingerprint density at radius 2 is 1.34 bits per heavy atom. The molecule has 6 aromatic rings. The Labute approximate surface area is 574 Å². The number of methoxy groups -OCH3 is 1. The number of aromatic hydroxyl groups is 1. The van der Waals surface area contributed by atoms with Crippen LogP contribution in [0.25, 0.3) is 10.4 Å². The van der Waals surface area contributed by atoms with E-state index in [1.54, 1.807) is 74.8 Å². The third-order valence-electron chi connectivity index (χ3n) is 16.4. The molecule has 11 N–H and O–H groups in total. The van der Waals surface area contributed by atoms with Crippen molar-refractivity contribution in [3.8, 4) is 21.9 Å². The monoisotopic (exact) mass is 1440 g/mol. The van der Waals surface area contributed by atoms with Gasteiger partial charge in [0.1, 0.15) is 30.2 Å². The van der Waals surface area contributed by atoms with E-state index in [0.717, 1.165) is 56.0 Å². The molecule has 0 spiro atoms. The summed E-state index contributed by atoms with van der Waals surface area (Å²) in [5.74, 6) is -5.05. The number of thiazole rings is 1. The molecule has 1 aliphatic heterocycles. The van der Waals surface area contributed by atoms with Gasteiger partial charge in [-0.1, -0.05) is 128 Å². The van der Waals surface area contributed by atoms with Crippen LogP contribution in [0.2, 0.25) is 0 Å². The van der Waals surface area contributed by atoms with Crippen LogP contribution in [0.4, 0.5) is 8.78 Å². The number of phenols is 1. The molecule has 0 saturated carbocycles. The van der Waals surface area contributed by atoms with Gasteiger partial charge in [0.05, 0.1) is 35.7 Å². The van der Waals surface area contributed by atoms with Crippen LogP contribution < -0.4 is 42.0 Å². The quantitative estimate of drug-likeness (QED) is 0.0146. The van der Waals surface area contributed by atoms with Crippen LogP contribution in [0.5, 0.6) is 11.5 Å². The van der Waals surface area contributed by atoms with E-state index in [-0.39, 0.29) is 101 Å². The number of β-amino-alcohol motifs (C(OH)–C–C–N with tert-alkyl or cyclic N) is 1. The molecular weight excluding hydrogens is 1360 g/mol. The minimum Gasteiger partial charge on any atom is -0.504 e. The van der Waals surface area contributed by atoms with Crippen molar-refractivity contribution in [1.29, 1.82) is 0 Å². The number of carbonyl (C=O) groups excluding carboxylic acids is 8. The summed E-state index contributed by atoms with van der Waals surface area (Å²) in [4.78, 5) is 138. The van der Waals surface area contributed by atoms with Gasteiger partial charge in [0.2, 0.25) is 41.4 Å². The predicted molar refractivity (Wildman–Crippen MR) is 364 cm³/mol. The van der Waals surface area contributed by atoms with E-state index in [4.69, 9.17) is 4.74 Å². The van der Waals surface area contributed by atoms with Crippen molar-refractivity contribution in [2.24, 2.45) is 5.41 Å². The maximum atomic E-state index is 14.9. The second-order valence-electron chi connectivity index (χ2n) is 25.0. The molecule has 1 saturated heterocycles. The van der Waals surface area contributed by atoms with Gasteiger partial charge in [0.25, 0.3) is 5.91 Å². The molecule has 0 bridgehead atoms. The Kier molecular flexibility index (Phi) is 27.1. The fourth-order valence-electron chi connectivity index (χ4n) is 10.9. The molecule has 8 amide bonds. The smallest absolute Gasteiger partial charge is 0.399 e. The van der Waals surface area contributed by atoms with Crippen LogP contribution in [0, 0.1) is 19.3 Å². The number of aryl methyl sites for hydroxylation is 2. The lowest BCUT2D eigenvalue weighted by Crippen LogP contribution is -2.58. The van der Waals surface area contributed by atoms with Crippen molar-refractivity contribution in [1.82, 2.24) is 47.1 Å². The molecule has 23 nitrogen and oxygen atoms in total. The van der Waals surface area contributed by atoms with Gasteiger partial charge < -0.3 is 66.9 Å². The number of nitrogens with zero attached hydrogens (tertiary/aromatic N) is 2. The number of benzene rings is 5. The zero-order valence-electron chi connectivity index (χ0n) is 54.7. The van der Waals surface area contributed by atoms with Crippen molar-refractivity contribution >= 4 is 82.1 Å². The number of amides is 8. The molecule has 0 aliphatic carbocycles. The topological polar surface area (TPSA) is 344 Å². The maximum absolute atomic E-state index is 14.9. The maximum Gasteiger partial charge on any atom is 0.399 e. The van der Waals surface area contributed by atoms with E-state index in [1.807, 2.05) is 38.1 Å². The first kappa shape index (κ1) is 75.9. The van der Waals surface area contributed by atoms with Gasteiger partial charge in [-0.2, -0.15) is 8.78 Å². The summed E-state index contributed by atoms with van der Waals surface area (Å²) >= 11 is 4.97. The standard InChI is InChI=1S/C69H83BrF2N9O14PS/c1-41-18-24-48(36-51(41)70)62(86)73-30-12-10-16-52(63(87)74-31-13-11-17-58(84)80-61(68(3,4)5)67(91)81-39-50(82)37-55(81)66(90)75-38-45-19-25-47(26-20-45)60-42(2)76-40-97-60)78-65(89)54(33-44-21-27-49(28-22-44)69(71,72)96(92,93)94)79-64(88)53(32-43-14-8-7-9-15-43)77-59(85)35-46-23-29-56(83)57(34-46)95-6/h7-9,14-15,18-29,34,36,40,50,52-55,61,82-83H,10-13,16-17,30-33,35,37-39H2,1-6H3,(H,73,86)(H,74,87)(H,75,90)(H,77,85)(H,78,89)(H,79,88)(H,80,84)(H2,92,93,94)/t50-,52+,53+,54+,55+,61-/m1/s1. The van der Waals surface area contributed by atoms with E-state index in [1.165, 1.54) is 41.5 Å². The number of halogens is 3. The molecule has 28 heteroatoms. The number of hydrogen-bond donors (Lipinski definition) is 11. The van der Waals surface area contributed by atoms with Crippen LogP contribution in [0.3, 0.4) is 0 Å². The third-order valence-corrected chi connectivity index (χ3v) is 19.2. The largest absolute Gasteiger partial charge is 0.504 e. The number of aromatic nitrogens is 1. The second kappa shape index (κ2) is 34.7. The van der Waals surface area contributed by atoms with Gasteiger partial charge >= 0.3 is 13.3 Å². The summed E-state index contributed by atoms with van der Waals surface area (Å²) in [6, 6.07) is 23.0. The highest BCUT2D eigenvalue weighted by Crippen LogP contribution is 2.59. The number of alkyl halides is 2. The molecule has 0 unspecified atom stereocenters. The fourth-order valence-corrected chi connectivity index (χ4v) is 12.5. The highest BCUT2D eigenvalue weighted by Gasteiger charge is 2.50. The molecule has 1 aromatic heterocycles. The lowest BCUT2D eigenvalue weighted by molar-refractivity contribution is -0.144. The number of aliphatic hydroxyl groups excluding tert-OH is 1. The normalized spacial score (nSPS) is 15.2. The Bertz CT molecular complexity index is 3800. The number of unbranched alkanes of at least 4 members (excludes halogenated alkanes) is 2. The molecule has 97 heavy (non-hydrogen) atoms. The van der Waals surface area contributed by atoms with Crippen LogP contribution in [0.1, 0.15) is 115 Å². The second-order valence-corrected chi connectivity index (χ2v) is 28.4. The predicted octanol–water partition coefficient (Wildman–Crippen LogP) is 7.31. The molecule has 2 heterocycles. The number of likely N-dealkylation sites (tertiary alicyclic amines) is 1. The number of rotatable bonds is 32. The molecule has 1 fully saturated rings. The number of phenolic OH excluding ortho intramolecular Hbond substituents is 1. The highest BCUT2D eigenvalue weighted by atomic mass is 79.9. The van der Waals surface area contributed by atoms with Crippen molar-refractivity contribution < 1.29 is 76.4 Å². The molecule has 7 rings (SSSR count). The average molecular weight is 1440 g/mol. The minimum atomic E-state index is -5.98. The van der Waals surface area contributed by atoms with E-state index in [9.17, 15) is 71.7 Å². The zero-order chi connectivity index (χ0) is 70.8. The molecule has 520 valence electrons. The number of nitrogens with one attached hydrogen (secondary N) is 7. The van der Waals surface area contributed by atoms with Crippen molar-refractivity contribution in [2.75, 3.05) is 26.7 Å². The first-order chi connectivity index (χ1) is 45.9. The highest BCUT2D eigenvalue weighted by molar-refractivity contribution is 9.10. The SMILES string of the molecule is COc1cc(CC(=O)N[C@@H](Cc2ccccc2)C(=O)N[C@@H](Cc2ccc(C(F)(F)P(=O)(O)O)cc2)C(=O)N[C@@H](CCCCNC(=O)c2ccc(C)c(Br)c2)C(=O)NCCCCC(=O)N[C@H](C(=O)N2C[C@H](O)C[C@H]2C(=O)NCc2ccc(-c3scnc3C)cc2)C(C)(C)C)ccc1O. The summed E-state index contributed by atoms with van der Waals surface area (Å²) in [6.45, 7) is 9.29. The summed E-state index contributed by atoms with van der Waals surface area (Å²) in [5.41, 5.74) is 0.534. The lowest BCUT2D eigenvalue weighted by Gasteiger charge is -2.35. The Morgan fingerprint density at radius 1 is 0.722 bits per heavy atom. The Morgan fingerprint density at radius 3 is 1.97 bits per heavy atom. The van der Waals surface area contributed by atoms with Crippen molar-refractivity contribution in [3.63, 3.8) is 0 Å². The summed E-state index contributed by atoms with van der Waals surface area (Å²) < 4.78 is 47.4. The van der Waals surface area contributed by atoms with Gasteiger partial charge in [0, 0.05) is 67.5 Å². The van der Waals surface area contributed by atoms with Gasteiger partial charge in [-0.3, -0.25) is 42.9 Å². The molecule has 6 atom stereocenters. The summed E-state index contributed by atoms with van der Waals surface area (Å²) in [6.07, 6.45) is -0.887. The molecule has 0 radical (unpaired) electrons. The van der Waals surface area contributed by atoms with Crippen LogP contribution >= 0.6 is 34.9 Å². The number of ether oxygens (including phenoxy) is 1. The van der Waals surface area contributed by atoms with E-state index in [0.29, 0.717) is 23.1 Å². The first-order valence-electron chi connectivity index (χ1n) is 31.6. The summed E-state index contributed by atoms with van der Waals surface area (Å²) in [7, 11) is -4.65. The number of aliphatic hydroxyl groups is 1. The van der Waals surface area contributed by atoms with Crippen LogP contribution in [0.15, 0.2) is 125 Å². The van der Waals surface area contributed by atoms with E-state index >= 15 is 0 Å². The molecule has 1 aliphatic rings. The fraction of sp³-hybridized carbons (Fsp3) is 0.406. The Balaban J connectivity index is 1.03. The molecule has 5 aromatic carbocycles. The summed E-state index contributed by atoms with van der Waals surface area (Å²) in [5, 5.41) is 40.5. The van der Waals surface area contributed by atoms with Crippen LogP contribution in [-0.4, -0.2) is 140 Å². The van der Waals surface area contributed by atoms with Gasteiger partial charge in [-0.25, -0.2) is 4.98 Å². The number of hydrogen-bond acceptors (Lipinski definition) is 14. The Hall–Kier alpha value is -8.46. The van der Waals surface area contributed by atoms with Gasteiger partial charge in [-0.15, -0.1) is 11.3 Å². The van der Waals surface area contributed by atoms with E-state index in [2.05, 4.69) is 58.1 Å². The van der Waals surface area contributed by atoms with Crippen molar-refractivity contribution in [2.45, 2.75) is 147 Å². The van der Waals surface area contributed by atoms with Gasteiger partial charge in [-0.05, 0) is 109 Å². The lowest BCUT2D eigenvalue weighted by atomic mass is 9.85. The number of carbonyl (C=O) groups is 8.